The molecule has 0 aliphatic carbocycles. The number of rotatable bonds is 4. The van der Waals surface area contributed by atoms with Crippen molar-refractivity contribution >= 4 is 11.8 Å². The summed E-state index contributed by atoms with van der Waals surface area (Å²) in [4.78, 5) is 28.5. The third-order valence-electron chi connectivity index (χ3n) is 4.49. The second kappa shape index (κ2) is 8.18. The van der Waals surface area contributed by atoms with Crippen molar-refractivity contribution < 1.29 is 14.3 Å². The summed E-state index contributed by atoms with van der Waals surface area (Å²) in [5.41, 5.74) is 2.63. The van der Waals surface area contributed by atoms with Crippen LogP contribution >= 0.6 is 0 Å². The van der Waals surface area contributed by atoms with Crippen LogP contribution in [0.25, 0.3) is 0 Å². The summed E-state index contributed by atoms with van der Waals surface area (Å²) in [5.74, 6) is 1.05. The van der Waals surface area contributed by atoms with Gasteiger partial charge < -0.3 is 14.5 Å². The first kappa shape index (κ1) is 18.3. The number of carbonyl (C=O) groups is 2. The second-order valence-corrected chi connectivity index (χ2v) is 6.25. The van der Waals surface area contributed by atoms with E-state index in [1.165, 1.54) is 0 Å². The van der Waals surface area contributed by atoms with Gasteiger partial charge in [-0.3, -0.25) is 9.59 Å². The van der Waals surface area contributed by atoms with Gasteiger partial charge in [0.1, 0.15) is 5.75 Å². The average Bonchev–Trinajstić information content (AvgIpc) is 2.83. The molecular weight excluding hydrogens is 304 g/mol. The molecule has 5 nitrogen and oxygen atoms in total. The monoisotopic (exact) mass is 332 g/mol. The standard InChI is InChI=1S/C19H28N2O3/c1-5-18(22)20-8-7-9-21(11-10-20)19(23)16-12-15(4)17(24-6-2)13-14(16)3/h12-13H,5-11H2,1-4H3. The molecule has 0 saturated carbocycles. The molecule has 1 fully saturated rings. The fourth-order valence-corrected chi connectivity index (χ4v) is 3.10. The molecule has 132 valence electrons. The maximum Gasteiger partial charge on any atom is 0.254 e. The summed E-state index contributed by atoms with van der Waals surface area (Å²) in [7, 11) is 0. The number of aryl methyl sites for hydroxylation is 2. The van der Waals surface area contributed by atoms with Crippen molar-refractivity contribution in [2.24, 2.45) is 0 Å². The van der Waals surface area contributed by atoms with Crippen LogP contribution in [0.4, 0.5) is 0 Å². The van der Waals surface area contributed by atoms with Gasteiger partial charge in [0.05, 0.1) is 6.61 Å². The molecule has 1 aromatic rings. The minimum Gasteiger partial charge on any atom is -0.494 e. The van der Waals surface area contributed by atoms with Crippen molar-refractivity contribution in [2.45, 2.75) is 40.5 Å². The lowest BCUT2D eigenvalue weighted by atomic mass is 10.0. The molecule has 1 aliphatic heterocycles. The fourth-order valence-electron chi connectivity index (χ4n) is 3.10. The third-order valence-corrected chi connectivity index (χ3v) is 4.49. The first-order valence-corrected chi connectivity index (χ1v) is 8.79. The number of hydrogen-bond acceptors (Lipinski definition) is 3. The molecule has 1 heterocycles. The van der Waals surface area contributed by atoms with Crippen LogP contribution in [-0.4, -0.2) is 54.4 Å². The van der Waals surface area contributed by atoms with Crippen molar-refractivity contribution in [1.82, 2.24) is 9.80 Å². The van der Waals surface area contributed by atoms with Gasteiger partial charge in [0.15, 0.2) is 0 Å². The summed E-state index contributed by atoms with van der Waals surface area (Å²) in [6.07, 6.45) is 1.34. The predicted octanol–water partition coefficient (Wildman–Crippen LogP) is 2.79. The van der Waals surface area contributed by atoms with Crippen LogP contribution in [0.5, 0.6) is 5.75 Å². The van der Waals surface area contributed by atoms with Crippen LogP contribution in [0.1, 0.15) is 48.2 Å². The van der Waals surface area contributed by atoms with E-state index in [4.69, 9.17) is 4.74 Å². The summed E-state index contributed by atoms with van der Waals surface area (Å²) < 4.78 is 5.60. The number of carbonyl (C=O) groups excluding carboxylic acids is 2. The van der Waals surface area contributed by atoms with Gasteiger partial charge in [0.2, 0.25) is 5.91 Å². The molecule has 0 unspecified atom stereocenters. The largest absolute Gasteiger partial charge is 0.494 e. The highest BCUT2D eigenvalue weighted by molar-refractivity contribution is 5.96. The Bertz CT molecular complexity index is 613. The Morgan fingerprint density at radius 2 is 1.67 bits per heavy atom. The molecule has 0 radical (unpaired) electrons. The molecule has 1 saturated heterocycles. The Kier molecular flexibility index (Phi) is 6.23. The molecule has 2 rings (SSSR count). The van der Waals surface area contributed by atoms with E-state index >= 15 is 0 Å². The van der Waals surface area contributed by atoms with Crippen LogP contribution in [0.2, 0.25) is 0 Å². The van der Waals surface area contributed by atoms with E-state index in [-0.39, 0.29) is 11.8 Å². The maximum absolute atomic E-state index is 12.9. The van der Waals surface area contributed by atoms with E-state index in [9.17, 15) is 9.59 Å². The van der Waals surface area contributed by atoms with Crippen molar-refractivity contribution in [3.8, 4) is 5.75 Å². The lowest BCUT2D eigenvalue weighted by Gasteiger charge is -2.23. The van der Waals surface area contributed by atoms with Crippen LogP contribution in [0, 0.1) is 13.8 Å². The van der Waals surface area contributed by atoms with Crippen LogP contribution in [0.15, 0.2) is 12.1 Å². The molecule has 1 aliphatic rings. The Balaban J connectivity index is 2.14. The van der Waals surface area contributed by atoms with E-state index in [1.54, 1.807) is 0 Å². The first-order chi connectivity index (χ1) is 11.5. The highest BCUT2D eigenvalue weighted by atomic mass is 16.5. The van der Waals surface area contributed by atoms with Gasteiger partial charge in [0.25, 0.3) is 5.91 Å². The molecule has 24 heavy (non-hydrogen) atoms. The third kappa shape index (κ3) is 4.08. The molecule has 2 amide bonds. The van der Waals surface area contributed by atoms with E-state index < -0.39 is 0 Å². The zero-order valence-corrected chi connectivity index (χ0v) is 15.2. The summed E-state index contributed by atoms with van der Waals surface area (Å²) >= 11 is 0. The van der Waals surface area contributed by atoms with Gasteiger partial charge in [-0.2, -0.15) is 0 Å². The van der Waals surface area contributed by atoms with Gasteiger partial charge in [0, 0.05) is 38.2 Å². The number of nitrogens with zero attached hydrogens (tertiary/aromatic N) is 2. The highest BCUT2D eigenvalue weighted by Crippen LogP contribution is 2.24. The smallest absolute Gasteiger partial charge is 0.254 e. The molecule has 0 N–H and O–H groups in total. The lowest BCUT2D eigenvalue weighted by molar-refractivity contribution is -0.130. The van der Waals surface area contributed by atoms with Crippen LogP contribution in [-0.2, 0) is 4.79 Å². The number of ether oxygens (including phenoxy) is 1. The molecule has 0 bridgehead atoms. The van der Waals surface area contributed by atoms with Gasteiger partial charge >= 0.3 is 0 Å². The number of hydrogen-bond donors (Lipinski definition) is 0. The predicted molar refractivity (Wildman–Crippen MR) is 94.5 cm³/mol. The molecule has 5 heteroatoms. The van der Waals surface area contributed by atoms with Gasteiger partial charge in [-0.15, -0.1) is 0 Å². The highest BCUT2D eigenvalue weighted by Gasteiger charge is 2.23. The number of amides is 2. The minimum absolute atomic E-state index is 0.0458. The molecular formula is C19H28N2O3. The molecule has 0 atom stereocenters. The van der Waals surface area contributed by atoms with Gasteiger partial charge in [-0.05, 0) is 50.5 Å². The average molecular weight is 332 g/mol. The van der Waals surface area contributed by atoms with Crippen LogP contribution < -0.4 is 4.74 Å². The van der Waals surface area contributed by atoms with Crippen molar-refractivity contribution in [3.05, 3.63) is 28.8 Å². The van der Waals surface area contributed by atoms with Gasteiger partial charge in [-0.25, -0.2) is 0 Å². The minimum atomic E-state index is 0.0458. The zero-order chi connectivity index (χ0) is 17.7. The fraction of sp³-hybridized carbons (Fsp3) is 0.579. The van der Waals surface area contributed by atoms with Gasteiger partial charge in [-0.1, -0.05) is 6.92 Å². The van der Waals surface area contributed by atoms with E-state index in [0.717, 1.165) is 35.4 Å². The zero-order valence-electron chi connectivity index (χ0n) is 15.2. The Morgan fingerprint density at radius 1 is 1.00 bits per heavy atom. The summed E-state index contributed by atoms with van der Waals surface area (Å²) in [6, 6.07) is 3.86. The van der Waals surface area contributed by atoms with E-state index in [0.29, 0.717) is 32.7 Å². The Morgan fingerprint density at radius 3 is 2.33 bits per heavy atom. The van der Waals surface area contributed by atoms with Crippen molar-refractivity contribution in [1.29, 1.82) is 0 Å². The van der Waals surface area contributed by atoms with E-state index in [1.807, 2.05) is 49.6 Å². The molecule has 1 aromatic carbocycles. The summed E-state index contributed by atoms with van der Waals surface area (Å²) in [5, 5.41) is 0. The summed E-state index contributed by atoms with van der Waals surface area (Å²) in [6.45, 7) is 11.0. The Labute approximate surface area is 144 Å². The topological polar surface area (TPSA) is 49.9 Å². The molecule has 0 aromatic heterocycles. The van der Waals surface area contributed by atoms with Crippen molar-refractivity contribution in [2.75, 3.05) is 32.8 Å². The van der Waals surface area contributed by atoms with Crippen molar-refractivity contribution in [3.63, 3.8) is 0 Å². The maximum atomic E-state index is 12.9. The normalized spacial score (nSPS) is 15.2. The first-order valence-electron chi connectivity index (χ1n) is 8.79. The quantitative estimate of drug-likeness (QED) is 0.852. The second-order valence-electron chi connectivity index (χ2n) is 6.25. The van der Waals surface area contributed by atoms with E-state index in [2.05, 4.69) is 0 Å². The SMILES string of the molecule is CCOc1cc(C)c(C(=O)N2CCCN(C(=O)CC)CC2)cc1C. The van der Waals surface area contributed by atoms with Crippen LogP contribution in [0.3, 0.4) is 0 Å². The number of benzene rings is 1. The molecule has 0 spiro atoms. The Hall–Kier alpha value is -2.04. The lowest BCUT2D eigenvalue weighted by Crippen LogP contribution is -2.37.